The number of amides is 1. The van der Waals surface area contributed by atoms with E-state index >= 15 is 0 Å². The molecule has 3 heteroatoms. The summed E-state index contributed by atoms with van der Waals surface area (Å²) < 4.78 is 0.941. The highest BCUT2D eigenvalue weighted by atomic mass is 79.9. The van der Waals surface area contributed by atoms with Gasteiger partial charge in [0.25, 0.3) is 0 Å². The van der Waals surface area contributed by atoms with E-state index in [9.17, 15) is 4.79 Å². The standard InChI is InChI=1S/C11H14BrNO/c1-8(2)11(14)13(3)10-7-5-4-6-9(10)12/h4-8H,1-3H3. The molecule has 0 heterocycles. The van der Waals surface area contributed by atoms with Gasteiger partial charge in [0.05, 0.1) is 5.69 Å². The molecule has 1 aromatic carbocycles. The molecule has 1 aromatic rings. The number of hydrogen-bond donors (Lipinski definition) is 0. The number of anilines is 1. The van der Waals surface area contributed by atoms with Gasteiger partial charge in [-0.3, -0.25) is 4.79 Å². The summed E-state index contributed by atoms with van der Waals surface area (Å²) in [5.74, 6) is 0.143. The summed E-state index contributed by atoms with van der Waals surface area (Å²) in [6.45, 7) is 3.80. The summed E-state index contributed by atoms with van der Waals surface area (Å²) in [5, 5.41) is 0. The van der Waals surface area contributed by atoms with Crippen molar-refractivity contribution in [1.29, 1.82) is 0 Å². The van der Waals surface area contributed by atoms with Crippen molar-refractivity contribution in [2.45, 2.75) is 13.8 Å². The van der Waals surface area contributed by atoms with E-state index in [4.69, 9.17) is 0 Å². The Morgan fingerprint density at radius 2 is 1.93 bits per heavy atom. The first-order valence-corrected chi connectivity index (χ1v) is 5.35. The van der Waals surface area contributed by atoms with Gasteiger partial charge in [0.1, 0.15) is 0 Å². The van der Waals surface area contributed by atoms with Crippen LogP contribution in [-0.2, 0) is 4.79 Å². The van der Waals surface area contributed by atoms with Crippen molar-refractivity contribution in [2.24, 2.45) is 5.92 Å². The fourth-order valence-corrected chi connectivity index (χ4v) is 1.78. The maximum absolute atomic E-state index is 11.7. The number of carbonyl (C=O) groups is 1. The van der Waals surface area contributed by atoms with Gasteiger partial charge < -0.3 is 4.90 Å². The molecule has 76 valence electrons. The summed E-state index contributed by atoms with van der Waals surface area (Å²) in [5.41, 5.74) is 0.909. The zero-order valence-corrected chi connectivity index (χ0v) is 10.2. The largest absolute Gasteiger partial charge is 0.314 e. The second-order valence-electron chi connectivity index (χ2n) is 3.50. The lowest BCUT2D eigenvalue weighted by Crippen LogP contribution is -2.30. The summed E-state index contributed by atoms with van der Waals surface area (Å²) in [6.07, 6.45) is 0. The van der Waals surface area contributed by atoms with Crippen molar-refractivity contribution in [3.05, 3.63) is 28.7 Å². The Balaban J connectivity index is 2.95. The van der Waals surface area contributed by atoms with Crippen molar-refractivity contribution >= 4 is 27.5 Å². The zero-order valence-electron chi connectivity index (χ0n) is 8.62. The van der Waals surface area contributed by atoms with Crippen molar-refractivity contribution in [3.63, 3.8) is 0 Å². The first kappa shape index (κ1) is 11.2. The van der Waals surface area contributed by atoms with E-state index in [0.29, 0.717) is 0 Å². The summed E-state index contributed by atoms with van der Waals surface area (Å²) in [4.78, 5) is 13.4. The predicted octanol–water partition coefficient (Wildman–Crippen LogP) is 3.07. The van der Waals surface area contributed by atoms with Crippen LogP contribution in [0.1, 0.15) is 13.8 Å². The molecule has 2 nitrogen and oxygen atoms in total. The molecule has 0 bridgehead atoms. The lowest BCUT2D eigenvalue weighted by Gasteiger charge is -2.20. The summed E-state index contributed by atoms with van der Waals surface area (Å²) >= 11 is 3.42. The smallest absolute Gasteiger partial charge is 0.229 e. The van der Waals surface area contributed by atoms with E-state index < -0.39 is 0 Å². The Kier molecular flexibility index (Phi) is 3.69. The van der Waals surface area contributed by atoms with Crippen LogP contribution >= 0.6 is 15.9 Å². The average molecular weight is 256 g/mol. The second kappa shape index (κ2) is 4.60. The van der Waals surface area contributed by atoms with Gasteiger partial charge >= 0.3 is 0 Å². The highest BCUT2D eigenvalue weighted by Gasteiger charge is 2.15. The van der Waals surface area contributed by atoms with Crippen LogP contribution in [0.15, 0.2) is 28.7 Å². The highest BCUT2D eigenvalue weighted by Crippen LogP contribution is 2.25. The SMILES string of the molecule is CC(C)C(=O)N(C)c1ccccc1Br. The molecular formula is C11H14BrNO. The minimum atomic E-state index is 0.0205. The van der Waals surface area contributed by atoms with E-state index in [1.807, 2.05) is 38.1 Å². The number of halogens is 1. The van der Waals surface area contributed by atoms with E-state index in [2.05, 4.69) is 15.9 Å². The van der Waals surface area contributed by atoms with E-state index in [1.54, 1.807) is 11.9 Å². The summed E-state index contributed by atoms with van der Waals surface area (Å²) in [6, 6.07) is 7.70. The topological polar surface area (TPSA) is 20.3 Å². The van der Waals surface area contributed by atoms with Crippen molar-refractivity contribution < 1.29 is 4.79 Å². The number of benzene rings is 1. The molecule has 0 aromatic heterocycles. The molecule has 1 rings (SSSR count). The third-order valence-corrected chi connectivity index (χ3v) is 2.71. The molecule has 0 N–H and O–H groups in total. The second-order valence-corrected chi connectivity index (χ2v) is 4.36. The number of hydrogen-bond acceptors (Lipinski definition) is 1. The minimum absolute atomic E-state index is 0.0205. The number of para-hydroxylation sites is 1. The molecule has 0 aliphatic rings. The van der Waals surface area contributed by atoms with Gasteiger partial charge in [0.2, 0.25) is 5.91 Å². The number of rotatable bonds is 2. The lowest BCUT2D eigenvalue weighted by molar-refractivity contribution is -0.121. The molecule has 0 aliphatic carbocycles. The Labute approximate surface area is 93.0 Å². The molecule has 0 atom stereocenters. The van der Waals surface area contributed by atoms with Crippen LogP contribution in [0.4, 0.5) is 5.69 Å². The van der Waals surface area contributed by atoms with Gasteiger partial charge in [-0.25, -0.2) is 0 Å². The van der Waals surface area contributed by atoms with Crippen LogP contribution in [0.5, 0.6) is 0 Å². The summed E-state index contributed by atoms with van der Waals surface area (Å²) in [7, 11) is 1.79. The zero-order chi connectivity index (χ0) is 10.7. The third-order valence-electron chi connectivity index (χ3n) is 2.04. The van der Waals surface area contributed by atoms with E-state index in [0.717, 1.165) is 10.2 Å². The fourth-order valence-electron chi connectivity index (χ4n) is 1.23. The number of nitrogens with zero attached hydrogens (tertiary/aromatic N) is 1. The van der Waals surface area contributed by atoms with Crippen LogP contribution in [0.25, 0.3) is 0 Å². The Bertz CT molecular complexity index is 336. The highest BCUT2D eigenvalue weighted by molar-refractivity contribution is 9.10. The number of carbonyl (C=O) groups excluding carboxylic acids is 1. The van der Waals surface area contributed by atoms with Crippen LogP contribution in [0.3, 0.4) is 0 Å². The van der Waals surface area contributed by atoms with Crippen molar-refractivity contribution in [1.82, 2.24) is 0 Å². The van der Waals surface area contributed by atoms with E-state index in [1.165, 1.54) is 0 Å². The molecule has 14 heavy (non-hydrogen) atoms. The van der Waals surface area contributed by atoms with Crippen LogP contribution in [0.2, 0.25) is 0 Å². The molecule has 0 radical (unpaired) electrons. The van der Waals surface area contributed by atoms with Gasteiger partial charge in [-0.1, -0.05) is 26.0 Å². The molecule has 0 saturated carbocycles. The normalized spacial score (nSPS) is 10.4. The van der Waals surface area contributed by atoms with Crippen molar-refractivity contribution in [3.8, 4) is 0 Å². The molecule has 0 spiro atoms. The van der Waals surface area contributed by atoms with Crippen LogP contribution in [0, 0.1) is 5.92 Å². The maximum Gasteiger partial charge on any atom is 0.229 e. The van der Waals surface area contributed by atoms with Gasteiger partial charge in [-0.15, -0.1) is 0 Å². The molecule has 0 unspecified atom stereocenters. The van der Waals surface area contributed by atoms with E-state index in [-0.39, 0.29) is 11.8 Å². The van der Waals surface area contributed by atoms with Gasteiger partial charge in [0.15, 0.2) is 0 Å². The van der Waals surface area contributed by atoms with Crippen LogP contribution < -0.4 is 4.90 Å². The predicted molar refractivity (Wildman–Crippen MR) is 62.4 cm³/mol. The first-order valence-electron chi connectivity index (χ1n) is 4.56. The lowest BCUT2D eigenvalue weighted by atomic mass is 10.2. The minimum Gasteiger partial charge on any atom is -0.314 e. The molecular weight excluding hydrogens is 242 g/mol. The quantitative estimate of drug-likeness (QED) is 0.796. The monoisotopic (exact) mass is 255 g/mol. The maximum atomic E-state index is 11.7. The molecule has 0 saturated heterocycles. The average Bonchev–Trinajstić information content (AvgIpc) is 2.16. The molecule has 0 fully saturated rings. The molecule has 0 aliphatic heterocycles. The Morgan fingerprint density at radius 1 is 1.36 bits per heavy atom. The third kappa shape index (κ3) is 2.35. The van der Waals surface area contributed by atoms with Crippen molar-refractivity contribution in [2.75, 3.05) is 11.9 Å². The van der Waals surface area contributed by atoms with Gasteiger partial charge in [-0.2, -0.15) is 0 Å². The Hall–Kier alpha value is -0.830. The molecule has 1 amide bonds. The van der Waals surface area contributed by atoms with Gasteiger partial charge in [0, 0.05) is 17.4 Å². The fraction of sp³-hybridized carbons (Fsp3) is 0.364. The van der Waals surface area contributed by atoms with Crippen LogP contribution in [-0.4, -0.2) is 13.0 Å². The first-order chi connectivity index (χ1) is 6.54. The Morgan fingerprint density at radius 3 is 2.43 bits per heavy atom. The van der Waals surface area contributed by atoms with Gasteiger partial charge in [-0.05, 0) is 28.1 Å².